The number of hydrogen-bond acceptors (Lipinski definition) is 14. The summed E-state index contributed by atoms with van der Waals surface area (Å²) in [6, 6.07) is 4.18. The van der Waals surface area contributed by atoms with Gasteiger partial charge in [-0.15, -0.1) is 0 Å². The highest BCUT2D eigenvalue weighted by molar-refractivity contribution is 5.97. The molecular weight excluding hydrogens is 734 g/mol. The molecule has 2 amide bonds. The number of aliphatic carboxylic acids is 1. The number of anilines is 3. The van der Waals surface area contributed by atoms with Gasteiger partial charge in [0.05, 0.1) is 25.0 Å². The van der Waals surface area contributed by atoms with Crippen LogP contribution in [0, 0.1) is 0 Å². The molecule has 0 aliphatic heterocycles. The van der Waals surface area contributed by atoms with E-state index in [-0.39, 0.29) is 42.4 Å². The molecule has 7 N–H and O–H groups in total. The summed E-state index contributed by atoms with van der Waals surface area (Å²) in [5.74, 6) is -3.94. The number of carbonyl (C=O) groups is 5. The quantitative estimate of drug-likeness (QED) is 0.0510. The van der Waals surface area contributed by atoms with Crippen LogP contribution in [0.25, 0.3) is 11.2 Å². The van der Waals surface area contributed by atoms with Crippen molar-refractivity contribution in [2.45, 2.75) is 129 Å². The summed E-state index contributed by atoms with van der Waals surface area (Å²) in [5, 5.41) is 14.7. The molecule has 2 heterocycles. The second kappa shape index (κ2) is 24.8. The number of ether oxygens (including phenoxy) is 2. The Hall–Kier alpha value is -5.61. The van der Waals surface area contributed by atoms with Gasteiger partial charge >= 0.3 is 17.9 Å². The third-order valence-electron chi connectivity index (χ3n) is 9.33. The molecule has 0 aliphatic carbocycles. The van der Waals surface area contributed by atoms with Gasteiger partial charge in [-0.05, 0) is 44.0 Å². The first-order valence-electron chi connectivity index (χ1n) is 19.9. The van der Waals surface area contributed by atoms with Gasteiger partial charge in [0, 0.05) is 24.7 Å². The van der Waals surface area contributed by atoms with Gasteiger partial charge in [-0.25, -0.2) is 19.6 Å². The summed E-state index contributed by atoms with van der Waals surface area (Å²) >= 11 is 0. The maximum Gasteiger partial charge on any atom is 0.328 e. The van der Waals surface area contributed by atoms with E-state index in [1.54, 1.807) is 25.3 Å². The molecule has 0 radical (unpaired) electrons. The van der Waals surface area contributed by atoms with Gasteiger partial charge in [0.25, 0.3) is 11.8 Å². The van der Waals surface area contributed by atoms with Crippen molar-refractivity contribution >= 4 is 58.3 Å². The highest BCUT2D eigenvalue weighted by Crippen LogP contribution is 2.19. The molecule has 1 unspecified atom stereocenters. The summed E-state index contributed by atoms with van der Waals surface area (Å²) in [6.45, 7) is 3.75. The molecule has 1 aromatic carbocycles. The van der Waals surface area contributed by atoms with Crippen molar-refractivity contribution in [2.24, 2.45) is 0 Å². The SMILES string of the molecule is CCCCCCCCCCCCCCC(NC(=O)COC(=O)CC[C@H](NC(=O)c1ccc(N(C)Cc2cnc3nc(N)nc(N)c3n2)cc1)C(=O)O)C(=O)OCC. The standard InChI is InChI=1S/C40H59N9O8/c1-4-6-7-8-9-10-11-12-13-14-15-16-17-31(39(55)56-5-2)45-32(50)26-57-33(51)23-22-30(38(53)54)46-37(52)27-18-20-29(21-19-27)49(3)25-28-24-43-36-34(44-28)35(41)47-40(42)48-36/h18-21,24,30-31H,4-17,22-23,25-26H2,1-3H3,(H,45,50)(H,46,52)(H,53,54)(H4,41,42,43,47,48)/t30-,31?/m0/s1. The van der Waals surface area contributed by atoms with E-state index >= 15 is 0 Å². The molecule has 3 rings (SSSR count). The Bertz CT molecular complexity index is 1760. The Morgan fingerprint density at radius 1 is 0.789 bits per heavy atom. The molecule has 312 valence electrons. The van der Waals surface area contributed by atoms with Gasteiger partial charge in [-0.3, -0.25) is 14.4 Å². The van der Waals surface area contributed by atoms with Crippen molar-refractivity contribution in [3.8, 4) is 0 Å². The lowest BCUT2D eigenvalue weighted by Crippen LogP contribution is -2.43. The molecule has 0 bridgehead atoms. The Kier molecular flexibility index (Phi) is 19.9. The molecule has 0 fully saturated rings. The van der Waals surface area contributed by atoms with Crippen molar-refractivity contribution in [3.63, 3.8) is 0 Å². The highest BCUT2D eigenvalue weighted by atomic mass is 16.5. The first kappa shape index (κ1) is 45.8. The van der Waals surface area contributed by atoms with Crippen LogP contribution in [0.2, 0.25) is 0 Å². The number of esters is 2. The van der Waals surface area contributed by atoms with Crippen LogP contribution in [0.15, 0.2) is 30.5 Å². The van der Waals surface area contributed by atoms with Crippen LogP contribution in [0.4, 0.5) is 17.5 Å². The van der Waals surface area contributed by atoms with Crippen LogP contribution >= 0.6 is 0 Å². The van der Waals surface area contributed by atoms with Gasteiger partial charge in [0.15, 0.2) is 23.6 Å². The lowest BCUT2D eigenvalue weighted by molar-refractivity contribution is -0.151. The predicted octanol–water partition coefficient (Wildman–Crippen LogP) is 4.87. The van der Waals surface area contributed by atoms with Crippen molar-refractivity contribution in [2.75, 3.05) is 36.6 Å². The molecule has 0 saturated heterocycles. The molecule has 0 spiro atoms. The summed E-state index contributed by atoms with van der Waals surface area (Å²) in [7, 11) is 1.81. The van der Waals surface area contributed by atoms with Gasteiger partial charge < -0.3 is 41.6 Å². The highest BCUT2D eigenvalue weighted by Gasteiger charge is 2.24. The van der Waals surface area contributed by atoms with Crippen LogP contribution in [0.1, 0.15) is 126 Å². The average Bonchev–Trinajstić information content (AvgIpc) is 3.18. The zero-order valence-electron chi connectivity index (χ0n) is 33.5. The summed E-state index contributed by atoms with van der Waals surface area (Å²) in [6.07, 6.45) is 15.3. The van der Waals surface area contributed by atoms with E-state index < -0.39 is 48.4 Å². The van der Waals surface area contributed by atoms with Crippen molar-refractivity contribution in [1.29, 1.82) is 0 Å². The van der Waals surface area contributed by atoms with E-state index in [2.05, 4.69) is 37.5 Å². The zero-order chi connectivity index (χ0) is 41.6. The first-order valence-corrected chi connectivity index (χ1v) is 19.9. The van der Waals surface area contributed by atoms with Gasteiger partial charge in [0.1, 0.15) is 12.1 Å². The third-order valence-corrected chi connectivity index (χ3v) is 9.33. The normalized spacial score (nSPS) is 12.1. The fourth-order valence-electron chi connectivity index (χ4n) is 6.16. The van der Waals surface area contributed by atoms with E-state index in [9.17, 15) is 29.1 Å². The summed E-state index contributed by atoms with van der Waals surface area (Å²) in [4.78, 5) is 80.9. The fraction of sp³-hybridized carbons (Fsp3) is 0.575. The van der Waals surface area contributed by atoms with E-state index in [1.807, 2.05) is 11.9 Å². The molecule has 2 atom stereocenters. The first-order chi connectivity index (χ1) is 27.4. The second-order valence-electron chi connectivity index (χ2n) is 14.0. The number of nitrogens with two attached hydrogens (primary N) is 2. The van der Waals surface area contributed by atoms with Crippen LogP contribution in [0.5, 0.6) is 0 Å². The molecule has 0 aliphatic rings. The Labute approximate surface area is 334 Å². The number of carboxylic acid groups (broad SMARTS) is 1. The minimum Gasteiger partial charge on any atom is -0.480 e. The second-order valence-corrected chi connectivity index (χ2v) is 14.0. The Morgan fingerprint density at radius 3 is 2.04 bits per heavy atom. The molecule has 3 aromatic rings. The number of amides is 2. The van der Waals surface area contributed by atoms with Gasteiger partial charge in [-0.2, -0.15) is 9.97 Å². The number of hydrogen-bond donors (Lipinski definition) is 5. The molecule has 17 heteroatoms. The van der Waals surface area contributed by atoms with E-state index in [1.165, 1.54) is 63.5 Å². The van der Waals surface area contributed by atoms with Crippen molar-refractivity contribution in [1.82, 2.24) is 30.6 Å². The van der Waals surface area contributed by atoms with Crippen LogP contribution < -0.4 is 27.0 Å². The maximum absolute atomic E-state index is 12.9. The number of nitrogens with one attached hydrogen (secondary N) is 2. The summed E-state index contributed by atoms with van der Waals surface area (Å²) < 4.78 is 10.2. The lowest BCUT2D eigenvalue weighted by Gasteiger charge is -2.19. The average molecular weight is 794 g/mol. The van der Waals surface area contributed by atoms with Gasteiger partial charge in [-0.1, -0.05) is 84.0 Å². The molecule has 57 heavy (non-hydrogen) atoms. The minimum absolute atomic E-state index is 0.000409. The fourth-order valence-corrected chi connectivity index (χ4v) is 6.16. The number of fused-ring (bicyclic) bond motifs is 1. The molecular formula is C40H59N9O8. The Morgan fingerprint density at radius 2 is 1.42 bits per heavy atom. The molecule has 17 nitrogen and oxygen atoms in total. The number of carbonyl (C=O) groups excluding carboxylic acids is 4. The topological polar surface area (TPSA) is 255 Å². The number of nitrogens with zero attached hydrogens (tertiary/aromatic N) is 5. The number of unbranched alkanes of at least 4 members (excludes halogenated alkanes) is 11. The zero-order valence-corrected chi connectivity index (χ0v) is 33.5. The number of aromatic nitrogens is 4. The number of nitrogen functional groups attached to an aromatic ring is 2. The van der Waals surface area contributed by atoms with Gasteiger partial charge in [0.2, 0.25) is 5.95 Å². The molecule has 0 saturated carbocycles. The van der Waals surface area contributed by atoms with Crippen LogP contribution in [-0.4, -0.2) is 87.1 Å². The third kappa shape index (κ3) is 16.6. The number of carboxylic acids is 1. The smallest absolute Gasteiger partial charge is 0.328 e. The van der Waals surface area contributed by atoms with Crippen molar-refractivity contribution in [3.05, 3.63) is 41.7 Å². The number of benzene rings is 1. The lowest BCUT2D eigenvalue weighted by atomic mass is 10.0. The van der Waals surface area contributed by atoms with E-state index in [4.69, 9.17) is 20.9 Å². The van der Waals surface area contributed by atoms with E-state index in [0.717, 1.165) is 31.4 Å². The van der Waals surface area contributed by atoms with Crippen molar-refractivity contribution < 1.29 is 38.6 Å². The number of rotatable bonds is 27. The van der Waals surface area contributed by atoms with Crippen LogP contribution in [-0.2, 0) is 35.2 Å². The Balaban J connectivity index is 1.39. The van der Waals surface area contributed by atoms with Crippen LogP contribution in [0.3, 0.4) is 0 Å². The largest absolute Gasteiger partial charge is 0.480 e. The minimum atomic E-state index is -1.40. The monoisotopic (exact) mass is 793 g/mol. The maximum atomic E-state index is 12.9. The summed E-state index contributed by atoms with van der Waals surface area (Å²) in [5.41, 5.74) is 13.7. The predicted molar refractivity (Wildman–Crippen MR) is 216 cm³/mol. The molecule has 2 aromatic heterocycles. The van der Waals surface area contributed by atoms with E-state index in [0.29, 0.717) is 24.2 Å².